The largest absolute Gasteiger partial charge is 0.497 e. The lowest BCUT2D eigenvalue weighted by Crippen LogP contribution is -2.21. The molecule has 0 aliphatic carbocycles. The Labute approximate surface area is 185 Å². The third-order valence-electron chi connectivity index (χ3n) is 4.96. The van der Waals surface area contributed by atoms with Crippen molar-refractivity contribution in [2.24, 2.45) is 0 Å². The lowest BCUT2D eigenvalue weighted by Gasteiger charge is -2.09. The molecule has 1 N–H and O–H groups in total. The summed E-state index contributed by atoms with van der Waals surface area (Å²) in [4.78, 5) is 25.9. The Morgan fingerprint density at radius 2 is 1.66 bits per heavy atom. The highest BCUT2D eigenvalue weighted by Gasteiger charge is 2.24. The van der Waals surface area contributed by atoms with Gasteiger partial charge in [-0.05, 0) is 61.4 Å². The van der Waals surface area contributed by atoms with Gasteiger partial charge in [-0.1, -0.05) is 30.3 Å². The van der Waals surface area contributed by atoms with Crippen molar-refractivity contribution in [1.82, 2.24) is 0 Å². The number of benzene rings is 3. The van der Waals surface area contributed by atoms with E-state index in [9.17, 15) is 9.59 Å². The van der Waals surface area contributed by atoms with Crippen molar-refractivity contribution < 1.29 is 23.5 Å². The molecular weight excluding hydrogens is 406 g/mol. The van der Waals surface area contributed by atoms with Crippen LogP contribution in [0.4, 0.5) is 5.69 Å². The normalized spacial score (nSPS) is 10.7. The van der Waals surface area contributed by atoms with E-state index in [0.717, 1.165) is 11.1 Å². The fraction of sp³-hybridized carbons (Fsp3) is 0.154. The van der Waals surface area contributed by atoms with Crippen molar-refractivity contribution in [3.05, 3.63) is 89.2 Å². The van der Waals surface area contributed by atoms with Crippen LogP contribution in [0.2, 0.25) is 0 Å². The number of furan rings is 1. The van der Waals surface area contributed by atoms with Gasteiger partial charge in [0, 0.05) is 10.9 Å². The number of amides is 1. The fourth-order valence-corrected chi connectivity index (χ4v) is 3.57. The third kappa shape index (κ3) is 4.49. The maximum atomic E-state index is 13.2. The summed E-state index contributed by atoms with van der Waals surface area (Å²) in [6, 6.07) is 19.7. The Hall–Kier alpha value is -4.06. The van der Waals surface area contributed by atoms with E-state index in [1.807, 2.05) is 38.1 Å². The lowest BCUT2D eigenvalue weighted by atomic mass is 10.1. The molecule has 1 amide bonds. The molecule has 0 unspecified atom stereocenters. The number of ketones is 1. The number of rotatable bonds is 7. The number of carbonyl (C=O) groups excluding carboxylic acids is 2. The van der Waals surface area contributed by atoms with Crippen LogP contribution < -0.4 is 14.8 Å². The maximum absolute atomic E-state index is 13.2. The minimum atomic E-state index is -0.393. The van der Waals surface area contributed by atoms with Crippen molar-refractivity contribution in [2.75, 3.05) is 19.0 Å². The molecule has 0 aliphatic rings. The molecule has 4 rings (SSSR count). The van der Waals surface area contributed by atoms with Gasteiger partial charge in [-0.2, -0.15) is 0 Å². The van der Waals surface area contributed by atoms with Crippen LogP contribution in [0.5, 0.6) is 11.5 Å². The second kappa shape index (κ2) is 8.98. The van der Waals surface area contributed by atoms with Gasteiger partial charge in [-0.3, -0.25) is 9.59 Å². The molecule has 0 aliphatic heterocycles. The molecule has 0 atom stereocenters. The lowest BCUT2D eigenvalue weighted by molar-refractivity contribution is -0.118. The fourth-order valence-electron chi connectivity index (χ4n) is 3.57. The van der Waals surface area contributed by atoms with Crippen LogP contribution in [-0.2, 0) is 4.79 Å². The number of aryl methyl sites for hydroxylation is 2. The van der Waals surface area contributed by atoms with Crippen molar-refractivity contribution in [3.63, 3.8) is 0 Å². The Morgan fingerprint density at radius 3 is 2.41 bits per heavy atom. The van der Waals surface area contributed by atoms with Crippen LogP contribution >= 0.6 is 0 Å². The van der Waals surface area contributed by atoms with E-state index < -0.39 is 5.91 Å². The van der Waals surface area contributed by atoms with Crippen molar-refractivity contribution >= 4 is 28.3 Å². The molecule has 1 aromatic heterocycles. The molecule has 6 heteroatoms. The van der Waals surface area contributed by atoms with E-state index in [0.29, 0.717) is 33.7 Å². The van der Waals surface area contributed by atoms with Crippen LogP contribution in [0, 0.1) is 13.8 Å². The highest BCUT2D eigenvalue weighted by atomic mass is 16.5. The molecule has 0 bridgehead atoms. The molecule has 4 aromatic rings. The molecular formula is C26H23NO5. The number of anilines is 1. The maximum Gasteiger partial charge on any atom is 0.262 e. The van der Waals surface area contributed by atoms with Gasteiger partial charge in [0.2, 0.25) is 5.78 Å². The van der Waals surface area contributed by atoms with E-state index in [2.05, 4.69) is 5.32 Å². The molecule has 1 heterocycles. The molecule has 162 valence electrons. The Bertz CT molecular complexity index is 1280. The van der Waals surface area contributed by atoms with Crippen LogP contribution in [0.3, 0.4) is 0 Å². The number of hydrogen-bond acceptors (Lipinski definition) is 5. The van der Waals surface area contributed by atoms with E-state index in [1.54, 1.807) is 42.5 Å². The second-order valence-electron chi connectivity index (χ2n) is 7.52. The molecule has 0 spiro atoms. The van der Waals surface area contributed by atoms with Gasteiger partial charge in [0.15, 0.2) is 12.4 Å². The number of methoxy groups -OCH3 is 1. The molecule has 0 saturated heterocycles. The minimum Gasteiger partial charge on any atom is -0.497 e. The second-order valence-corrected chi connectivity index (χ2v) is 7.52. The molecule has 0 radical (unpaired) electrons. The van der Waals surface area contributed by atoms with Crippen molar-refractivity contribution in [3.8, 4) is 11.5 Å². The zero-order valence-corrected chi connectivity index (χ0v) is 18.1. The van der Waals surface area contributed by atoms with Gasteiger partial charge in [0.1, 0.15) is 17.1 Å². The smallest absolute Gasteiger partial charge is 0.262 e. The molecule has 32 heavy (non-hydrogen) atoms. The third-order valence-corrected chi connectivity index (χ3v) is 4.96. The molecule has 6 nitrogen and oxygen atoms in total. The Balaban J connectivity index is 1.61. The van der Waals surface area contributed by atoms with Crippen LogP contribution in [-0.4, -0.2) is 25.4 Å². The quantitative estimate of drug-likeness (QED) is 0.403. The van der Waals surface area contributed by atoms with Crippen LogP contribution in [0.15, 0.2) is 71.1 Å². The summed E-state index contributed by atoms with van der Waals surface area (Å²) < 4.78 is 16.7. The molecule has 0 saturated carbocycles. The van der Waals surface area contributed by atoms with E-state index in [4.69, 9.17) is 13.9 Å². The van der Waals surface area contributed by atoms with Crippen molar-refractivity contribution in [2.45, 2.75) is 13.8 Å². The number of carbonyl (C=O) groups is 2. The summed E-state index contributed by atoms with van der Waals surface area (Å²) in [7, 11) is 1.53. The summed E-state index contributed by atoms with van der Waals surface area (Å²) in [5.74, 6) is 0.474. The first-order valence-corrected chi connectivity index (χ1v) is 10.2. The summed E-state index contributed by atoms with van der Waals surface area (Å²) in [5, 5.41) is 3.44. The number of hydrogen-bond donors (Lipinski definition) is 1. The monoisotopic (exact) mass is 429 g/mol. The number of fused-ring (bicyclic) bond motifs is 1. The topological polar surface area (TPSA) is 77.8 Å². The van der Waals surface area contributed by atoms with E-state index in [1.165, 1.54) is 7.11 Å². The van der Waals surface area contributed by atoms with E-state index in [-0.39, 0.29) is 18.2 Å². The summed E-state index contributed by atoms with van der Waals surface area (Å²) >= 11 is 0. The first-order valence-electron chi connectivity index (χ1n) is 10.2. The predicted octanol–water partition coefficient (Wildman–Crippen LogP) is 5.31. The van der Waals surface area contributed by atoms with Gasteiger partial charge in [0.05, 0.1) is 12.8 Å². The minimum absolute atomic E-state index is 0.0548. The first kappa shape index (κ1) is 21.2. The number of nitrogens with one attached hydrogen (secondary N) is 1. The summed E-state index contributed by atoms with van der Waals surface area (Å²) in [6.07, 6.45) is 0. The standard InChI is InChI=1S/C26H23NO5/c1-16-11-17(2)13-20(12-16)31-15-23(28)27-24-21-9-4-5-10-22(21)32-26(24)25(29)18-7-6-8-19(14-18)30-3/h4-14H,15H2,1-3H3,(H,27,28). The van der Waals surface area contributed by atoms with Gasteiger partial charge in [-0.15, -0.1) is 0 Å². The SMILES string of the molecule is COc1cccc(C(=O)c2oc3ccccc3c2NC(=O)COc2cc(C)cc(C)c2)c1. The van der Waals surface area contributed by atoms with Crippen LogP contribution in [0.1, 0.15) is 27.2 Å². The first-order chi connectivity index (χ1) is 15.4. The highest BCUT2D eigenvalue weighted by molar-refractivity contribution is 6.17. The molecule has 3 aromatic carbocycles. The van der Waals surface area contributed by atoms with Gasteiger partial charge in [-0.25, -0.2) is 0 Å². The van der Waals surface area contributed by atoms with E-state index >= 15 is 0 Å². The van der Waals surface area contributed by atoms with Crippen LogP contribution in [0.25, 0.3) is 11.0 Å². The number of para-hydroxylation sites is 1. The van der Waals surface area contributed by atoms with Gasteiger partial charge < -0.3 is 19.2 Å². The van der Waals surface area contributed by atoms with Gasteiger partial charge in [0.25, 0.3) is 5.91 Å². The Kier molecular flexibility index (Phi) is 5.94. The van der Waals surface area contributed by atoms with Crippen molar-refractivity contribution in [1.29, 1.82) is 0 Å². The molecule has 0 fully saturated rings. The summed E-state index contributed by atoms with van der Waals surface area (Å²) in [5.41, 5.74) is 3.32. The zero-order valence-electron chi connectivity index (χ0n) is 18.1. The Morgan fingerprint density at radius 1 is 0.906 bits per heavy atom. The van der Waals surface area contributed by atoms with Gasteiger partial charge >= 0.3 is 0 Å². The highest BCUT2D eigenvalue weighted by Crippen LogP contribution is 2.33. The predicted molar refractivity (Wildman–Crippen MR) is 123 cm³/mol. The zero-order chi connectivity index (χ0) is 22.7. The summed E-state index contributed by atoms with van der Waals surface area (Å²) in [6.45, 7) is 3.73. The average molecular weight is 429 g/mol. The number of ether oxygens (including phenoxy) is 2. The average Bonchev–Trinajstić information content (AvgIpc) is 3.15.